The fourth-order valence-electron chi connectivity index (χ4n) is 2.65. The molecule has 0 saturated carbocycles. The summed E-state index contributed by atoms with van der Waals surface area (Å²) in [6.07, 6.45) is 0.847. The highest BCUT2D eigenvalue weighted by Crippen LogP contribution is 2.32. The summed E-state index contributed by atoms with van der Waals surface area (Å²) in [5.74, 6) is 1.45. The Morgan fingerprint density at radius 3 is 2.61 bits per heavy atom. The number of guanidine groups is 1. The monoisotopic (exact) mass is 496 g/mol. The zero-order chi connectivity index (χ0) is 19.1. The van der Waals surface area contributed by atoms with Crippen molar-refractivity contribution >= 4 is 41.5 Å². The van der Waals surface area contributed by atoms with Gasteiger partial charge >= 0.3 is 0 Å². The number of likely N-dealkylation sites (N-methyl/N-ethyl adjacent to an activating group) is 1. The Hall–Kier alpha value is -2.49. The van der Waals surface area contributed by atoms with Crippen LogP contribution in [0.2, 0.25) is 0 Å². The summed E-state index contributed by atoms with van der Waals surface area (Å²) in [5, 5.41) is 2.98. The molecule has 0 bridgehead atoms. The topological polar surface area (TPSA) is 89.2 Å². The first-order valence-electron chi connectivity index (χ1n) is 8.86. The summed E-state index contributed by atoms with van der Waals surface area (Å²) in [7, 11) is 1.75. The van der Waals surface area contributed by atoms with E-state index in [1.165, 1.54) is 0 Å². The van der Waals surface area contributed by atoms with Crippen LogP contribution in [-0.2, 0) is 11.3 Å². The van der Waals surface area contributed by atoms with E-state index in [0.717, 1.165) is 17.7 Å². The number of amides is 1. The molecular formula is C20H25IN4O3. The van der Waals surface area contributed by atoms with Gasteiger partial charge in [-0.3, -0.25) is 4.79 Å². The lowest BCUT2D eigenvalue weighted by Gasteiger charge is -2.16. The molecule has 0 unspecified atom stereocenters. The van der Waals surface area contributed by atoms with Crippen LogP contribution in [0.3, 0.4) is 0 Å². The number of carbonyl (C=O) groups is 1. The van der Waals surface area contributed by atoms with E-state index in [2.05, 4.69) is 10.3 Å². The first-order chi connectivity index (χ1) is 13.1. The highest BCUT2D eigenvalue weighted by Gasteiger charge is 2.12. The third kappa shape index (κ3) is 6.29. The molecule has 1 aliphatic heterocycles. The number of benzene rings is 2. The van der Waals surface area contributed by atoms with Crippen molar-refractivity contribution in [3.05, 3.63) is 54.1 Å². The van der Waals surface area contributed by atoms with Crippen LogP contribution in [0.15, 0.2) is 53.5 Å². The third-order valence-corrected chi connectivity index (χ3v) is 4.09. The fraction of sp³-hybridized carbons (Fsp3) is 0.300. The van der Waals surface area contributed by atoms with Crippen LogP contribution in [0.5, 0.6) is 11.5 Å². The van der Waals surface area contributed by atoms with Crippen molar-refractivity contribution in [2.75, 3.05) is 32.1 Å². The third-order valence-electron chi connectivity index (χ3n) is 4.09. The first kappa shape index (κ1) is 21.8. The highest BCUT2D eigenvalue weighted by molar-refractivity contribution is 14.0. The predicted molar refractivity (Wildman–Crippen MR) is 120 cm³/mol. The average Bonchev–Trinajstić information content (AvgIpc) is 2.92. The van der Waals surface area contributed by atoms with E-state index >= 15 is 0 Å². The minimum Gasteiger partial charge on any atom is -0.490 e. The van der Waals surface area contributed by atoms with Gasteiger partial charge in [-0.25, -0.2) is 4.99 Å². The summed E-state index contributed by atoms with van der Waals surface area (Å²) in [5.41, 5.74) is 7.70. The second-order valence-electron chi connectivity index (χ2n) is 6.27. The number of anilines is 1. The highest BCUT2D eigenvalue weighted by atomic mass is 127. The van der Waals surface area contributed by atoms with Crippen molar-refractivity contribution < 1.29 is 14.3 Å². The number of nitrogens with one attached hydrogen (secondary N) is 1. The molecule has 0 spiro atoms. The molecule has 2 aromatic carbocycles. The van der Waals surface area contributed by atoms with Gasteiger partial charge in [0.25, 0.3) is 0 Å². The molecule has 0 fully saturated rings. The quantitative estimate of drug-likeness (QED) is 0.378. The zero-order valence-corrected chi connectivity index (χ0v) is 18.1. The molecule has 2 aromatic rings. The maximum atomic E-state index is 12.2. The second kappa shape index (κ2) is 10.7. The van der Waals surface area contributed by atoms with Gasteiger partial charge in [0.2, 0.25) is 5.91 Å². The molecule has 150 valence electrons. The summed E-state index contributed by atoms with van der Waals surface area (Å²) >= 11 is 0. The van der Waals surface area contributed by atoms with Gasteiger partial charge < -0.3 is 25.4 Å². The normalized spacial score (nSPS) is 13.1. The Labute approximate surface area is 181 Å². The minimum atomic E-state index is -0.109. The molecule has 3 rings (SSSR count). The van der Waals surface area contributed by atoms with Crippen LogP contribution in [0.25, 0.3) is 0 Å². The number of carbonyl (C=O) groups excluding carboxylic acids is 1. The van der Waals surface area contributed by atoms with Gasteiger partial charge in [-0.05, 0) is 17.7 Å². The number of ether oxygens (including phenoxy) is 2. The summed E-state index contributed by atoms with van der Waals surface area (Å²) in [6, 6.07) is 15.3. The zero-order valence-electron chi connectivity index (χ0n) is 15.8. The fourth-order valence-corrected chi connectivity index (χ4v) is 2.65. The molecule has 1 amide bonds. The van der Waals surface area contributed by atoms with Crippen molar-refractivity contribution in [1.29, 1.82) is 0 Å². The first-order valence-corrected chi connectivity index (χ1v) is 8.86. The Morgan fingerprint density at radius 1 is 1.14 bits per heavy atom. The molecule has 0 atom stereocenters. The Kier molecular flexibility index (Phi) is 8.37. The van der Waals surface area contributed by atoms with Gasteiger partial charge in [-0.1, -0.05) is 30.3 Å². The molecule has 3 N–H and O–H groups in total. The molecule has 0 aromatic heterocycles. The van der Waals surface area contributed by atoms with Gasteiger partial charge in [-0.15, -0.1) is 24.0 Å². The second-order valence-corrected chi connectivity index (χ2v) is 6.27. The van der Waals surface area contributed by atoms with E-state index in [1.807, 2.05) is 48.5 Å². The van der Waals surface area contributed by atoms with Crippen LogP contribution < -0.4 is 20.5 Å². The van der Waals surface area contributed by atoms with E-state index in [1.54, 1.807) is 11.9 Å². The molecule has 8 heteroatoms. The largest absolute Gasteiger partial charge is 0.490 e. The minimum absolute atomic E-state index is 0. The molecule has 0 saturated heterocycles. The number of rotatable bonds is 5. The maximum Gasteiger partial charge on any atom is 0.244 e. The number of fused-ring (bicyclic) bond motifs is 1. The van der Waals surface area contributed by atoms with Gasteiger partial charge in [0.1, 0.15) is 6.54 Å². The lowest BCUT2D eigenvalue weighted by Crippen LogP contribution is -2.30. The van der Waals surface area contributed by atoms with Crippen molar-refractivity contribution in [1.82, 2.24) is 4.90 Å². The number of halogens is 1. The molecule has 1 aliphatic rings. The van der Waals surface area contributed by atoms with Crippen molar-refractivity contribution in [3.63, 3.8) is 0 Å². The Bertz CT molecular complexity index is 814. The van der Waals surface area contributed by atoms with Crippen LogP contribution in [0, 0.1) is 0 Å². The van der Waals surface area contributed by atoms with E-state index in [-0.39, 0.29) is 42.4 Å². The van der Waals surface area contributed by atoms with Gasteiger partial charge in [0, 0.05) is 31.8 Å². The Balaban J connectivity index is 0.00000280. The van der Waals surface area contributed by atoms with Crippen LogP contribution >= 0.6 is 24.0 Å². The molecule has 0 aliphatic carbocycles. The van der Waals surface area contributed by atoms with Crippen molar-refractivity contribution in [2.24, 2.45) is 10.7 Å². The smallest absolute Gasteiger partial charge is 0.244 e. The van der Waals surface area contributed by atoms with Crippen LogP contribution in [-0.4, -0.2) is 43.6 Å². The summed E-state index contributed by atoms with van der Waals surface area (Å²) in [4.78, 5) is 18.0. The summed E-state index contributed by atoms with van der Waals surface area (Å²) < 4.78 is 11.2. The Morgan fingerprint density at radius 2 is 1.86 bits per heavy atom. The number of aliphatic imine (C=N–C) groups is 1. The van der Waals surface area contributed by atoms with Gasteiger partial charge in [0.15, 0.2) is 17.5 Å². The maximum absolute atomic E-state index is 12.2. The van der Waals surface area contributed by atoms with Gasteiger partial charge in [-0.2, -0.15) is 0 Å². The number of nitrogens with two attached hydrogens (primary N) is 1. The van der Waals surface area contributed by atoms with E-state index in [9.17, 15) is 4.79 Å². The van der Waals surface area contributed by atoms with Crippen molar-refractivity contribution in [2.45, 2.75) is 13.0 Å². The van der Waals surface area contributed by atoms with Crippen LogP contribution in [0.4, 0.5) is 5.69 Å². The lowest BCUT2D eigenvalue weighted by molar-refractivity contribution is -0.128. The molecule has 0 radical (unpaired) electrons. The SMILES string of the molecule is CN(Cc1ccccc1)C(=O)CN=C(N)Nc1ccc2c(c1)OCCCO2.I. The molecular weight excluding hydrogens is 471 g/mol. The van der Waals surface area contributed by atoms with E-state index in [4.69, 9.17) is 15.2 Å². The number of hydrogen-bond donors (Lipinski definition) is 2. The molecule has 28 heavy (non-hydrogen) atoms. The van der Waals surface area contributed by atoms with Gasteiger partial charge in [0.05, 0.1) is 13.2 Å². The summed E-state index contributed by atoms with van der Waals surface area (Å²) in [6.45, 7) is 1.77. The van der Waals surface area contributed by atoms with E-state index < -0.39 is 0 Å². The molecule has 1 heterocycles. The number of hydrogen-bond acceptors (Lipinski definition) is 4. The standard InChI is InChI=1S/C20H24N4O3.HI/c1-24(14-15-6-3-2-4-7-15)19(25)13-22-20(21)23-16-8-9-17-18(12-16)27-11-5-10-26-17;/h2-4,6-9,12H,5,10-11,13-14H2,1H3,(H3,21,22,23);1H. The van der Waals surface area contributed by atoms with Crippen molar-refractivity contribution in [3.8, 4) is 11.5 Å². The van der Waals surface area contributed by atoms with Crippen LogP contribution in [0.1, 0.15) is 12.0 Å². The average molecular weight is 496 g/mol. The van der Waals surface area contributed by atoms with E-state index in [0.29, 0.717) is 31.3 Å². The lowest BCUT2D eigenvalue weighted by atomic mass is 10.2. The molecule has 7 nitrogen and oxygen atoms in total. The predicted octanol–water partition coefficient (Wildman–Crippen LogP) is 2.85. The number of nitrogens with zero attached hydrogens (tertiary/aromatic N) is 2.